The number of nitrogens with one attached hydrogen (secondary N) is 1. The van der Waals surface area contributed by atoms with E-state index in [1.54, 1.807) is 0 Å². The van der Waals surface area contributed by atoms with Crippen molar-refractivity contribution in [3.8, 4) is 0 Å². The van der Waals surface area contributed by atoms with Gasteiger partial charge in [0.25, 0.3) is 5.82 Å². The summed E-state index contributed by atoms with van der Waals surface area (Å²) in [7, 11) is 0. The molecule has 3 heterocycles. The normalized spacial score (nSPS) is 14.7. The first kappa shape index (κ1) is 12.1. The van der Waals surface area contributed by atoms with Gasteiger partial charge in [0, 0.05) is 12.4 Å². The smallest absolute Gasteiger partial charge is 0.375 e. The van der Waals surface area contributed by atoms with E-state index in [0.29, 0.717) is 18.2 Å². The molecule has 7 heteroatoms. The summed E-state index contributed by atoms with van der Waals surface area (Å²) in [5.41, 5.74) is 3.06. The lowest BCUT2D eigenvalue weighted by atomic mass is 10.2. The van der Waals surface area contributed by atoms with Crippen LogP contribution in [-0.2, 0) is 6.42 Å². The van der Waals surface area contributed by atoms with Crippen molar-refractivity contribution in [3.63, 3.8) is 0 Å². The highest BCUT2D eigenvalue weighted by Crippen LogP contribution is 2.39. The van der Waals surface area contributed by atoms with Gasteiger partial charge >= 0.3 is 5.97 Å². The molecule has 4 rings (SSSR count). The Morgan fingerprint density at radius 3 is 2.90 bits per heavy atom. The summed E-state index contributed by atoms with van der Waals surface area (Å²) in [4.78, 5) is 19.2. The number of hydrogen-bond donors (Lipinski definition) is 2. The molecule has 0 spiro atoms. The average Bonchev–Trinajstić information content (AvgIpc) is 3.07. The molecule has 1 aliphatic rings. The molecule has 0 saturated heterocycles. The van der Waals surface area contributed by atoms with Gasteiger partial charge < -0.3 is 9.51 Å². The summed E-state index contributed by atoms with van der Waals surface area (Å²) in [6.45, 7) is 0. The van der Waals surface area contributed by atoms with Crippen LogP contribution in [0.5, 0.6) is 0 Å². The average molecular weight is 283 g/mol. The molecule has 2 N–H and O–H groups in total. The lowest BCUT2D eigenvalue weighted by Crippen LogP contribution is -1.99. The number of nitrogens with zero attached hydrogens (tertiary/aromatic N) is 4. The predicted molar refractivity (Wildman–Crippen MR) is 73.3 cm³/mol. The van der Waals surface area contributed by atoms with Crippen molar-refractivity contribution in [1.29, 1.82) is 0 Å². The number of carboxylic acids is 1. The molecule has 21 heavy (non-hydrogen) atoms. The number of aromatic carboxylic acids is 1. The number of hydrogen-bond acceptors (Lipinski definition) is 4. The van der Waals surface area contributed by atoms with Crippen molar-refractivity contribution in [2.75, 3.05) is 0 Å². The van der Waals surface area contributed by atoms with E-state index in [9.17, 15) is 4.79 Å². The van der Waals surface area contributed by atoms with Gasteiger partial charge in [-0.1, -0.05) is 6.07 Å². The largest absolute Gasteiger partial charge is 0.475 e. The van der Waals surface area contributed by atoms with E-state index in [1.807, 2.05) is 16.7 Å². The molecule has 1 fully saturated rings. The van der Waals surface area contributed by atoms with Crippen LogP contribution < -0.4 is 0 Å². The second kappa shape index (κ2) is 4.41. The Hall–Kier alpha value is -2.70. The molecule has 0 unspecified atom stereocenters. The van der Waals surface area contributed by atoms with Crippen LogP contribution in [0.3, 0.4) is 0 Å². The number of aromatic amines is 1. The topological polar surface area (TPSA) is 96.2 Å². The molecule has 7 nitrogen and oxygen atoms in total. The van der Waals surface area contributed by atoms with Crippen LogP contribution in [0.15, 0.2) is 24.5 Å². The van der Waals surface area contributed by atoms with Crippen LogP contribution in [0.4, 0.5) is 0 Å². The molecule has 0 aromatic carbocycles. The second-order valence-electron chi connectivity index (χ2n) is 5.32. The molecule has 3 aromatic heterocycles. The summed E-state index contributed by atoms with van der Waals surface area (Å²) in [6, 6.07) is 4.14. The number of carboxylic acid groups (broad SMARTS) is 1. The first-order chi connectivity index (χ1) is 10.2. The van der Waals surface area contributed by atoms with Gasteiger partial charge in [-0.25, -0.2) is 14.8 Å². The van der Waals surface area contributed by atoms with E-state index < -0.39 is 5.97 Å². The van der Waals surface area contributed by atoms with Gasteiger partial charge in [0.15, 0.2) is 0 Å². The highest BCUT2D eigenvalue weighted by molar-refractivity contribution is 5.82. The fraction of sp³-hybridized carbons (Fsp3) is 0.286. The number of fused-ring (bicyclic) bond motifs is 1. The van der Waals surface area contributed by atoms with E-state index in [1.165, 1.54) is 18.4 Å². The molecular formula is C14H13N5O2. The van der Waals surface area contributed by atoms with Crippen LogP contribution in [0.2, 0.25) is 0 Å². The zero-order valence-electron chi connectivity index (χ0n) is 11.2. The SMILES string of the molecule is O=C(O)c1n[nH]c(Cc2cn3cc(C4CC4)ccc3n2)n1. The van der Waals surface area contributed by atoms with E-state index in [4.69, 9.17) is 5.11 Å². The number of carbonyl (C=O) groups is 1. The van der Waals surface area contributed by atoms with Crippen LogP contribution >= 0.6 is 0 Å². The first-order valence-electron chi connectivity index (χ1n) is 6.81. The number of pyridine rings is 1. The van der Waals surface area contributed by atoms with Crippen LogP contribution in [0.1, 0.15) is 46.5 Å². The Labute approximate surface area is 119 Å². The summed E-state index contributed by atoms with van der Waals surface area (Å²) in [5.74, 6) is -0.155. The Kier molecular flexibility index (Phi) is 2.53. The predicted octanol–water partition coefficient (Wildman–Crippen LogP) is 1.62. The fourth-order valence-corrected chi connectivity index (χ4v) is 2.45. The zero-order valence-corrected chi connectivity index (χ0v) is 11.2. The Bertz CT molecular complexity index is 831. The van der Waals surface area contributed by atoms with Crippen LogP contribution in [0.25, 0.3) is 5.65 Å². The number of H-pyrrole nitrogens is 1. The molecule has 0 radical (unpaired) electrons. The molecular weight excluding hydrogens is 270 g/mol. The molecule has 106 valence electrons. The van der Waals surface area contributed by atoms with Crippen molar-refractivity contribution in [1.82, 2.24) is 24.6 Å². The highest BCUT2D eigenvalue weighted by atomic mass is 16.4. The van der Waals surface area contributed by atoms with E-state index in [0.717, 1.165) is 11.3 Å². The van der Waals surface area contributed by atoms with Crippen molar-refractivity contribution in [2.45, 2.75) is 25.2 Å². The van der Waals surface area contributed by atoms with Gasteiger partial charge in [-0.3, -0.25) is 5.10 Å². The summed E-state index contributed by atoms with van der Waals surface area (Å²) >= 11 is 0. The van der Waals surface area contributed by atoms with E-state index >= 15 is 0 Å². The summed E-state index contributed by atoms with van der Waals surface area (Å²) < 4.78 is 2.01. The lowest BCUT2D eigenvalue weighted by molar-refractivity contribution is 0.0684. The van der Waals surface area contributed by atoms with Gasteiger partial charge in [-0.2, -0.15) is 0 Å². The third-order valence-corrected chi connectivity index (χ3v) is 3.64. The summed E-state index contributed by atoms with van der Waals surface area (Å²) in [6.07, 6.45) is 7.03. The number of rotatable bonds is 4. The Balaban J connectivity index is 1.61. The van der Waals surface area contributed by atoms with Crippen molar-refractivity contribution in [3.05, 3.63) is 47.4 Å². The van der Waals surface area contributed by atoms with Crippen molar-refractivity contribution < 1.29 is 9.90 Å². The van der Waals surface area contributed by atoms with Crippen molar-refractivity contribution >= 4 is 11.6 Å². The fourth-order valence-electron chi connectivity index (χ4n) is 2.45. The van der Waals surface area contributed by atoms with Gasteiger partial charge in [-0.15, -0.1) is 5.10 Å². The van der Waals surface area contributed by atoms with Crippen LogP contribution in [0, 0.1) is 0 Å². The molecule has 0 atom stereocenters. The van der Waals surface area contributed by atoms with E-state index in [-0.39, 0.29) is 5.82 Å². The molecule has 0 bridgehead atoms. The first-order valence-corrected chi connectivity index (χ1v) is 6.81. The Morgan fingerprint density at radius 2 is 2.19 bits per heavy atom. The van der Waals surface area contributed by atoms with Crippen molar-refractivity contribution in [2.24, 2.45) is 0 Å². The minimum atomic E-state index is -1.14. The van der Waals surface area contributed by atoms with Gasteiger partial charge in [-0.05, 0) is 30.4 Å². The van der Waals surface area contributed by atoms with Gasteiger partial charge in [0.1, 0.15) is 11.5 Å². The van der Waals surface area contributed by atoms with Crippen LogP contribution in [-0.4, -0.2) is 35.6 Å². The second-order valence-corrected chi connectivity index (χ2v) is 5.32. The molecule has 1 aliphatic carbocycles. The van der Waals surface area contributed by atoms with Gasteiger partial charge in [0.2, 0.25) is 0 Å². The van der Waals surface area contributed by atoms with Gasteiger partial charge in [0.05, 0.1) is 12.1 Å². The number of imidazole rings is 1. The zero-order chi connectivity index (χ0) is 14.4. The maximum Gasteiger partial charge on any atom is 0.375 e. The standard InChI is InChI=1S/C14H13N5O2/c20-14(21)13-16-11(17-18-13)5-10-7-19-6-9(8-1-2-8)3-4-12(19)15-10/h3-4,6-8H,1-2,5H2,(H,20,21)(H,16,17,18). The third kappa shape index (κ3) is 2.26. The Morgan fingerprint density at radius 1 is 1.33 bits per heavy atom. The monoisotopic (exact) mass is 283 g/mol. The minimum absolute atomic E-state index is 0.218. The summed E-state index contributed by atoms with van der Waals surface area (Å²) in [5, 5.41) is 15.1. The highest BCUT2D eigenvalue weighted by Gasteiger charge is 2.23. The number of aromatic nitrogens is 5. The lowest BCUT2D eigenvalue weighted by Gasteiger charge is -1.98. The molecule has 0 aliphatic heterocycles. The maximum atomic E-state index is 10.8. The maximum absolute atomic E-state index is 10.8. The molecule has 1 saturated carbocycles. The quantitative estimate of drug-likeness (QED) is 0.758. The third-order valence-electron chi connectivity index (χ3n) is 3.64. The minimum Gasteiger partial charge on any atom is -0.475 e. The molecule has 0 amide bonds. The molecule has 3 aromatic rings. The van der Waals surface area contributed by atoms with E-state index in [2.05, 4.69) is 32.4 Å².